The highest BCUT2D eigenvalue weighted by molar-refractivity contribution is 5.37. The van der Waals surface area contributed by atoms with E-state index in [1.807, 2.05) is 0 Å². The van der Waals surface area contributed by atoms with Gasteiger partial charge in [-0.25, -0.2) is 0 Å². The van der Waals surface area contributed by atoms with Crippen molar-refractivity contribution in [2.24, 2.45) is 0 Å². The summed E-state index contributed by atoms with van der Waals surface area (Å²) in [5, 5.41) is 13.2. The number of carbonyl (C=O) groups is 1. The molecule has 1 atom stereocenters. The Labute approximate surface area is 74.4 Å². The van der Waals surface area contributed by atoms with Crippen LogP contribution >= 0.6 is 0 Å². The van der Waals surface area contributed by atoms with Gasteiger partial charge in [-0.3, -0.25) is 4.79 Å². The van der Waals surface area contributed by atoms with E-state index in [-0.39, 0.29) is 12.5 Å². The Bertz CT molecular complexity index is 238. The van der Waals surface area contributed by atoms with E-state index in [2.05, 4.69) is 25.4 Å². The van der Waals surface area contributed by atoms with Crippen LogP contribution in [0.25, 0.3) is 0 Å². The summed E-state index contributed by atoms with van der Waals surface area (Å²) in [4.78, 5) is 9.96. The number of aromatic nitrogens is 4. The molecule has 1 N–H and O–H groups in total. The first-order chi connectivity index (χ1) is 6.38. The van der Waals surface area contributed by atoms with Crippen LogP contribution in [0.15, 0.2) is 0 Å². The molecule has 0 aliphatic heterocycles. The van der Waals surface area contributed by atoms with Gasteiger partial charge in [0.05, 0.1) is 12.5 Å². The number of hydrogen-bond donors (Lipinski definition) is 1. The minimum Gasteiger partial charge on any atom is -0.467 e. The van der Waals surface area contributed by atoms with Crippen molar-refractivity contribution in [3.05, 3.63) is 5.82 Å². The van der Waals surface area contributed by atoms with Gasteiger partial charge < -0.3 is 9.47 Å². The van der Waals surface area contributed by atoms with Gasteiger partial charge in [0.1, 0.15) is 6.61 Å². The van der Waals surface area contributed by atoms with Crippen LogP contribution in [0.5, 0.6) is 0 Å². The number of nitrogens with zero attached hydrogens (tertiary/aromatic N) is 3. The molecule has 0 aliphatic rings. The van der Waals surface area contributed by atoms with Crippen LogP contribution in [0.4, 0.5) is 0 Å². The van der Waals surface area contributed by atoms with E-state index in [9.17, 15) is 4.79 Å². The Morgan fingerprint density at radius 3 is 3.00 bits per heavy atom. The van der Waals surface area contributed by atoms with E-state index in [0.29, 0.717) is 18.9 Å². The number of H-pyrrole nitrogens is 1. The summed E-state index contributed by atoms with van der Waals surface area (Å²) in [6.07, 6.45) is 0. The molecule has 7 nitrogen and oxygen atoms in total. The molecular formula is C6H10N4O3. The number of ether oxygens (including phenoxy) is 2. The van der Waals surface area contributed by atoms with Crippen molar-refractivity contribution in [2.45, 2.75) is 5.92 Å². The molecule has 0 spiro atoms. The summed E-state index contributed by atoms with van der Waals surface area (Å²) in [6, 6.07) is 0. The number of hydrogen-bond acceptors (Lipinski definition) is 6. The quantitative estimate of drug-likeness (QED) is 0.579. The Kier molecular flexibility index (Phi) is 3.83. The van der Waals surface area contributed by atoms with Gasteiger partial charge in [0.2, 0.25) is 0 Å². The van der Waals surface area contributed by atoms with Crippen molar-refractivity contribution < 1.29 is 14.3 Å². The highest BCUT2D eigenvalue weighted by Gasteiger charge is 2.16. The molecule has 1 rings (SSSR count). The summed E-state index contributed by atoms with van der Waals surface area (Å²) in [5.41, 5.74) is 0. The molecule has 0 radical (unpaired) electrons. The van der Waals surface area contributed by atoms with Gasteiger partial charge in [-0.2, -0.15) is 5.21 Å². The maximum atomic E-state index is 9.96. The second-order valence-electron chi connectivity index (χ2n) is 2.35. The Morgan fingerprint density at radius 1 is 1.62 bits per heavy atom. The zero-order chi connectivity index (χ0) is 9.52. The maximum absolute atomic E-state index is 9.96. The first-order valence-electron chi connectivity index (χ1n) is 3.66. The first kappa shape index (κ1) is 9.59. The molecule has 0 amide bonds. The number of nitrogens with one attached hydrogen (secondary N) is 1. The highest BCUT2D eigenvalue weighted by Crippen LogP contribution is 2.09. The Balaban J connectivity index is 2.51. The van der Waals surface area contributed by atoms with Crippen molar-refractivity contribution in [1.82, 2.24) is 20.6 Å². The molecule has 72 valence electrons. The third kappa shape index (κ3) is 2.79. The molecule has 0 aliphatic carbocycles. The third-order valence-corrected chi connectivity index (χ3v) is 1.46. The van der Waals surface area contributed by atoms with Gasteiger partial charge in [0.15, 0.2) is 5.82 Å². The van der Waals surface area contributed by atoms with Gasteiger partial charge in [0.25, 0.3) is 6.47 Å². The SMILES string of the molecule is COCC(COC=O)c1nn[nH]n1. The molecule has 1 heterocycles. The Hall–Kier alpha value is -1.50. The van der Waals surface area contributed by atoms with Crippen molar-refractivity contribution in [1.29, 1.82) is 0 Å². The number of rotatable bonds is 6. The number of aromatic amines is 1. The molecule has 0 saturated heterocycles. The second kappa shape index (κ2) is 5.20. The van der Waals surface area contributed by atoms with E-state index in [1.165, 1.54) is 0 Å². The lowest BCUT2D eigenvalue weighted by Crippen LogP contribution is -2.14. The normalized spacial score (nSPS) is 12.4. The molecule has 13 heavy (non-hydrogen) atoms. The molecule has 0 saturated carbocycles. The zero-order valence-corrected chi connectivity index (χ0v) is 7.14. The highest BCUT2D eigenvalue weighted by atomic mass is 16.5. The van der Waals surface area contributed by atoms with Crippen LogP contribution in [0.1, 0.15) is 11.7 Å². The van der Waals surface area contributed by atoms with Gasteiger partial charge in [0, 0.05) is 7.11 Å². The molecular weight excluding hydrogens is 176 g/mol. The first-order valence-corrected chi connectivity index (χ1v) is 3.66. The van der Waals surface area contributed by atoms with Gasteiger partial charge in [-0.15, -0.1) is 10.2 Å². The molecule has 0 aromatic carbocycles. The summed E-state index contributed by atoms with van der Waals surface area (Å²) in [5.74, 6) is 0.303. The molecule has 1 aromatic heterocycles. The fraction of sp³-hybridized carbons (Fsp3) is 0.667. The van der Waals surface area contributed by atoms with E-state index >= 15 is 0 Å². The maximum Gasteiger partial charge on any atom is 0.293 e. The minimum atomic E-state index is -0.172. The fourth-order valence-electron chi connectivity index (χ4n) is 0.896. The topological polar surface area (TPSA) is 90.0 Å². The predicted molar refractivity (Wildman–Crippen MR) is 40.8 cm³/mol. The van der Waals surface area contributed by atoms with E-state index < -0.39 is 0 Å². The number of carbonyl (C=O) groups excluding carboxylic acids is 1. The molecule has 0 bridgehead atoms. The second-order valence-corrected chi connectivity index (χ2v) is 2.35. The number of tetrazole rings is 1. The Morgan fingerprint density at radius 2 is 2.46 bits per heavy atom. The van der Waals surface area contributed by atoms with Crippen LogP contribution in [0.3, 0.4) is 0 Å². The minimum absolute atomic E-state index is 0.172. The van der Waals surface area contributed by atoms with Crippen LogP contribution in [-0.2, 0) is 14.3 Å². The summed E-state index contributed by atoms with van der Waals surface area (Å²) in [7, 11) is 1.55. The zero-order valence-electron chi connectivity index (χ0n) is 7.14. The average Bonchev–Trinajstić information content (AvgIpc) is 2.65. The van der Waals surface area contributed by atoms with E-state index in [4.69, 9.17) is 4.74 Å². The molecule has 1 unspecified atom stereocenters. The van der Waals surface area contributed by atoms with Crippen molar-refractivity contribution in [3.63, 3.8) is 0 Å². The predicted octanol–water partition coefficient (Wildman–Crippen LogP) is -0.897. The van der Waals surface area contributed by atoms with Gasteiger partial charge in [-0.1, -0.05) is 5.21 Å². The van der Waals surface area contributed by atoms with E-state index in [0.717, 1.165) is 0 Å². The monoisotopic (exact) mass is 186 g/mol. The summed E-state index contributed by atoms with van der Waals surface area (Å²) >= 11 is 0. The van der Waals surface area contributed by atoms with E-state index in [1.54, 1.807) is 7.11 Å². The van der Waals surface area contributed by atoms with Gasteiger partial charge in [-0.05, 0) is 0 Å². The van der Waals surface area contributed by atoms with Crippen molar-refractivity contribution >= 4 is 6.47 Å². The fourth-order valence-corrected chi connectivity index (χ4v) is 0.896. The lowest BCUT2D eigenvalue weighted by Gasteiger charge is -2.09. The van der Waals surface area contributed by atoms with Crippen LogP contribution in [-0.4, -0.2) is 47.4 Å². The summed E-state index contributed by atoms with van der Waals surface area (Å²) in [6.45, 7) is 0.951. The van der Waals surface area contributed by atoms with Crippen LogP contribution in [0.2, 0.25) is 0 Å². The smallest absolute Gasteiger partial charge is 0.293 e. The number of methoxy groups -OCH3 is 1. The largest absolute Gasteiger partial charge is 0.467 e. The van der Waals surface area contributed by atoms with Gasteiger partial charge >= 0.3 is 0 Å². The third-order valence-electron chi connectivity index (χ3n) is 1.46. The average molecular weight is 186 g/mol. The lowest BCUT2D eigenvalue weighted by atomic mass is 10.2. The van der Waals surface area contributed by atoms with Crippen molar-refractivity contribution in [3.8, 4) is 0 Å². The molecule has 0 fully saturated rings. The standard InChI is InChI=1S/C6H10N4O3/c1-12-2-5(3-13-4-11)6-7-9-10-8-6/h4-5H,2-3H2,1H3,(H,7,8,9,10). The van der Waals surface area contributed by atoms with Crippen molar-refractivity contribution in [2.75, 3.05) is 20.3 Å². The van der Waals surface area contributed by atoms with Crippen LogP contribution in [0, 0.1) is 0 Å². The molecule has 1 aromatic rings. The lowest BCUT2D eigenvalue weighted by molar-refractivity contribution is -0.129. The summed E-state index contributed by atoms with van der Waals surface area (Å²) < 4.78 is 9.50. The molecule has 7 heteroatoms. The van der Waals surface area contributed by atoms with Crippen LogP contribution < -0.4 is 0 Å².